The van der Waals surface area contributed by atoms with Crippen LogP contribution in [-0.4, -0.2) is 18.3 Å². The Morgan fingerprint density at radius 3 is 2.66 bits per heavy atom. The van der Waals surface area contributed by atoms with Crippen molar-refractivity contribution in [2.24, 2.45) is 5.92 Å². The maximum atomic E-state index is 9.46. The zero-order valence-electron chi connectivity index (χ0n) is 19.1. The van der Waals surface area contributed by atoms with Crippen molar-refractivity contribution in [3.63, 3.8) is 0 Å². The topological polar surface area (TPSA) is 66.0 Å². The van der Waals surface area contributed by atoms with Gasteiger partial charge in [0, 0.05) is 24.5 Å². The van der Waals surface area contributed by atoms with Crippen molar-refractivity contribution >= 4 is 5.57 Å². The molecular formula is C28H30N2O2. The van der Waals surface area contributed by atoms with Crippen molar-refractivity contribution in [1.29, 1.82) is 10.5 Å². The Balaban J connectivity index is 1.76. The Morgan fingerprint density at radius 1 is 1.12 bits per heavy atom. The zero-order chi connectivity index (χ0) is 22.7. The molecule has 2 aliphatic rings. The van der Waals surface area contributed by atoms with Crippen molar-refractivity contribution in [3.8, 4) is 29.0 Å². The molecule has 4 heteroatoms. The van der Waals surface area contributed by atoms with Crippen molar-refractivity contribution in [2.75, 3.05) is 6.61 Å². The fourth-order valence-corrected chi connectivity index (χ4v) is 5.07. The average molecular weight is 427 g/mol. The van der Waals surface area contributed by atoms with Crippen LogP contribution in [0.2, 0.25) is 0 Å². The van der Waals surface area contributed by atoms with Gasteiger partial charge in [0.15, 0.2) is 0 Å². The van der Waals surface area contributed by atoms with Crippen molar-refractivity contribution < 1.29 is 9.47 Å². The highest BCUT2D eigenvalue weighted by Crippen LogP contribution is 2.45. The minimum absolute atomic E-state index is 0.0914. The Hall–Kier alpha value is -3.08. The lowest BCUT2D eigenvalue weighted by atomic mass is 9.79. The van der Waals surface area contributed by atoms with E-state index < -0.39 is 0 Å². The Bertz CT molecular complexity index is 1120. The average Bonchev–Trinajstić information content (AvgIpc) is 2.81. The molecule has 2 aromatic rings. The molecule has 4 nitrogen and oxygen atoms in total. The number of nitrogens with zero attached hydrogens (tertiary/aromatic N) is 2. The Labute approximate surface area is 191 Å². The van der Waals surface area contributed by atoms with E-state index in [0.29, 0.717) is 17.9 Å². The van der Waals surface area contributed by atoms with Gasteiger partial charge in [-0.3, -0.25) is 0 Å². The third-order valence-corrected chi connectivity index (χ3v) is 6.72. The monoisotopic (exact) mass is 426 g/mol. The van der Waals surface area contributed by atoms with E-state index >= 15 is 0 Å². The first kappa shape index (κ1) is 22.1. The van der Waals surface area contributed by atoms with E-state index in [9.17, 15) is 10.5 Å². The number of allylic oxidation sites excluding steroid dienone is 1. The Kier molecular flexibility index (Phi) is 6.35. The molecule has 0 aliphatic carbocycles. The summed E-state index contributed by atoms with van der Waals surface area (Å²) in [5.74, 6) is 1.32. The molecule has 0 radical (unpaired) electrons. The molecule has 2 aliphatic heterocycles. The molecular weight excluding hydrogens is 396 g/mol. The third-order valence-electron chi connectivity index (χ3n) is 6.72. The summed E-state index contributed by atoms with van der Waals surface area (Å²) in [6, 6.07) is 18.5. The number of ether oxygens (including phenoxy) is 2. The molecule has 2 heterocycles. The molecule has 0 aromatic heterocycles. The van der Waals surface area contributed by atoms with E-state index in [1.54, 1.807) is 0 Å². The van der Waals surface area contributed by atoms with Gasteiger partial charge < -0.3 is 9.47 Å². The van der Waals surface area contributed by atoms with Crippen LogP contribution in [0.25, 0.3) is 16.7 Å². The van der Waals surface area contributed by atoms with Gasteiger partial charge in [0.25, 0.3) is 0 Å². The largest absolute Gasteiger partial charge is 0.489 e. The molecule has 0 amide bonds. The molecule has 2 atom stereocenters. The highest BCUT2D eigenvalue weighted by atomic mass is 16.5. The van der Waals surface area contributed by atoms with E-state index in [1.165, 1.54) is 11.1 Å². The fraction of sp³-hybridized carbons (Fsp3) is 0.429. The lowest BCUT2D eigenvalue weighted by molar-refractivity contribution is -0.0913. The lowest BCUT2D eigenvalue weighted by Crippen LogP contribution is -2.41. The van der Waals surface area contributed by atoms with Crippen molar-refractivity contribution in [3.05, 3.63) is 59.2 Å². The van der Waals surface area contributed by atoms with Gasteiger partial charge in [-0.05, 0) is 74.1 Å². The summed E-state index contributed by atoms with van der Waals surface area (Å²) in [4.78, 5) is 0. The SMILES string of the molecule is CCC(CC#N)=C1CC(C2CCOC(C)(C)C2)Oc2ccc(-c3cccc(C#N)c3)cc21. The van der Waals surface area contributed by atoms with Crippen LogP contribution < -0.4 is 4.74 Å². The molecule has 0 bridgehead atoms. The molecule has 0 N–H and O–H groups in total. The number of hydrogen-bond donors (Lipinski definition) is 0. The summed E-state index contributed by atoms with van der Waals surface area (Å²) in [5, 5.41) is 18.7. The van der Waals surface area contributed by atoms with Crippen LogP contribution >= 0.6 is 0 Å². The molecule has 164 valence electrons. The van der Waals surface area contributed by atoms with Gasteiger partial charge in [0.2, 0.25) is 0 Å². The second-order valence-corrected chi connectivity index (χ2v) is 9.40. The standard InChI is InChI=1S/C28H30N2O2/c1-4-20(10-12-29)24-16-27(23-11-13-31-28(2,3)17-23)32-26-9-8-22(15-25(24)26)21-7-5-6-19(14-21)18-30/h5-9,14-15,23,27H,4,10-11,13,16-17H2,1-3H3. The van der Waals surface area contributed by atoms with Crippen LogP contribution in [0.15, 0.2) is 48.0 Å². The maximum Gasteiger partial charge on any atom is 0.127 e. The second kappa shape index (κ2) is 9.19. The minimum Gasteiger partial charge on any atom is -0.489 e. The van der Waals surface area contributed by atoms with Crippen LogP contribution in [0.1, 0.15) is 64.0 Å². The number of hydrogen-bond acceptors (Lipinski definition) is 4. The third kappa shape index (κ3) is 4.57. The highest BCUT2D eigenvalue weighted by molar-refractivity contribution is 5.80. The van der Waals surface area contributed by atoms with Gasteiger partial charge in [0.1, 0.15) is 11.9 Å². The number of benzene rings is 2. The molecule has 4 rings (SSSR count). The van der Waals surface area contributed by atoms with Gasteiger partial charge in [-0.2, -0.15) is 10.5 Å². The summed E-state index contributed by atoms with van der Waals surface area (Å²) < 4.78 is 12.5. The van der Waals surface area contributed by atoms with E-state index in [4.69, 9.17) is 9.47 Å². The molecule has 2 aromatic carbocycles. The maximum absolute atomic E-state index is 9.46. The summed E-state index contributed by atoms with van der Waals surface area (Å²) in [7, 11) is 0. The van der Waals surface area contributed by atoms with Crippen LogP contribution in [-0.2, 0) is 4.74 Å². The van der Waals surface area contributed by atoms with Gasteiger partial charge in [-0.1, -0.05) is 30.7 Å². The minimum atomic E-state index is -0.133. The first-order chi connectivity index (χ1) is 15.4. The van der Waals surface area contributed by atoms with E-state index in [1.807, 2.05) is 24.3 Å². The van der Waals surface area contributed by atoms with Crippen LogP contribution in [0.3, 0.4) is 0 Å². The normalized spacial score (nSPS) is 23.3. The van der Waals surface area contributed by atoms with E-state index in [0.717, 1.165) is 54.7 Å². The zero-order valence-corrected chi connectivity index (χ0v) is 19.1. The fourth-order valence-electron chi connectivity index (χ4n) is 5.07. The molecule has 32 heavy (non-hydrogen) atoms. The summed E-state index contributed by atoms with van der Waals surface area (Å²) >= 11 is 0. The summed E-state index contributed by atoms with van der Waals surface area (Å²) in [6.07, 6.45) is 4.16. The quantitative estimate of drug-likeness (QED) is 0.548. The van der Waals surface area contributed by atoms with Crippen LogP contribution in [0.5, 0.6) is 5.75 Å². The lowest BCUT2D eigenvalue weighted by Gasteiger charge is -2.41. The second-order valence-electron chi connectivity index (χ2n) is 9.40. The van der Waals surface area contributed by atoms with Gasteiger partial charge in [-0.15, -0.1) is 0 Å². The molecule has 1 fully saturated rings. The van der Waals surface area contributed by atoms with Crippen LogP contribution in [0.4, 0.5) is 0 Å². The number of fused-ring (bicyclic) bond motifs is 1. The van der Waals surface area contributed by atoms with E-state index in [2.05, 4.69) is 51.1 Å². The first-order valence-electron chi connectivity index (χ1n) is 11.5. The molecule has 0 saturated carbocycles. The molecule has 0 spiro atoms. The van der Waals surface area contributed by atoms with E-state index in [-0.39, 0.29) is 11.7 Å². The van der Waals surface area contributed by atoms with Crippen molar-refractivity contribution in [1.82, 2.24) is 0 Å². The number of rotatable bonds is 4. The predicted molar refractivity (Wildman–Crippen MR) is 126 cm³/mol. The smallest absolute Gasteiger partial charge is 0.127 e. The first-order valence-corrected chi connectivity index (χ1v) is 11.5. The molecule has 1 saturated heterocycles. The van der Waals surface area contributed by atoms with Crippen LogP contribution in [0, 0.1) is 28.6 Å². The molecule has 2 unspecified atom stereocenters. The number of nitriles is 2. The van der Waals surface area contributed by atoms with Gasteiger partial charge >= 0.3 is 0 Å². The van der Waals surface area contributed by atoms with Gasteiger partial charge in [0.05, 0.1) is 29.7 Å². The predicted octanol–water partition coefficient (Wildman–Crippen LogP) is 6.66. The highest BCUT2D eigenvalue weighted by Gasteiger charge is 2.37. The summed E-state index contributed by atoms with van der Waals surface area (Å²) in [6.45, 7) is 7.20. The Morgan fingerprint density at radius 2 is 1.94 bits per heavy atom. The van der Waals surface area contributed by atoms with Gasteiger partial charge in [-0.25, -0.2) is 0 Å². The summed E-state index contributed by atoms with van der Waals surface area (Å²) in [5.41, 5.74) is 6.11. The van der Waals surface area contributed by atoms with Crippen molar-refractivity contribution in [2.45, 2.75) is 64.6 Å².